The van der Waals surface area contributed by atoms with Crippen molar-refractivity contribution < 1.29 is 22.7 Å². The molecule has 0 spiro atoms. The van der Waals surface area contributed by atoms with Crippen molar-refractivity contribution in [1.82, 2.24) is 0 Å². The Morgan fingerprint density at radius 3 is 2.18 bits per heavy atom. The zero-order chi connectivity index (χ0) is 25.0. The number of methoxy groups -OCH3 is 1. The van der Waals surface area contributed by atoms with E-state index in [1.54, 1.807) is 37.3 Å². The Bertz CT molecular complexity index is 1340. The summed E-state index contributed by atoms with van der Waals surface area (Å²) in [4.78, 5) is 24.9. The Morgan fingerprint density at radius 1 is 0.912 bits per heavy atom. The molecule has 9 heteroatoms. The Kier molecular flexibility index (Phi) is 7.64. The van der Waals surface area contributed by atoms with Gasteiger partial charge < -0.3 is 10.1 Å². The lowest BCUT2D eigenvalue weighted by atomic mass is 10.1. The first-order valence-electron chi connectivity index (χ1n) is 10.4. The van der Waals surface area contributed by atoms with Gasteiger partial charge in [0, 0.05) is 10.7 Å². The van der Waals surface area contributed by atoms with Gasteiger partial charge in [0.05, 0.1) is 23.3 Å². The second-order valence-corrected chi connectivity index (χ2v) is 10.1. The number of halogens is 1. The van der Waals surface area contributed by atoms with Gasteiger partial charge in [-0.2, -0.15) is 0 Å². The highest BCUT2D eigenvalue weighted by Gasteiger charge is 2.28. The SMILES string of the molecule is COC(=O)c1ccc(C)c(NC(=O)CN(c2ccc(C)c(C)c2)S(=O)(=O)c2ccc(Cl)cc2)c1. The molecular weight excluding hydrogens is 476 g/mol. The number of rotatable bonds is 7. The van der Waals surface area contributed by atoms with Crippen LogP contribution in [0.4, 0.5) is 11.4 Å². The number of sulfonamides is 1. The summed E-state index contributed by atoms with van der Waals surface area (Å²) in [6, 6.07) is 15.7. The molecule has 3 rings (SSSR count). The van der Waals surface area contributed by atoms with Crippen LogP contribution in [0.1, 0.15) is 27.0 Å². The van der Waals surface area contributed by atoms with E-state index in [2.05, 4.69) is 5.32 Å². The molecule has 0 atom stereocenters. The molecule has 0 aliphatic rings. The number of carbonyl (C=O) groups excluding carboxylic acids is 2. The molecule has 0 saturated carbocycles. The second kappa shape index (κ2) is 10.3. The summed E-state index contributed by atoms with van der Waals surface area (Å²) in [5.41, 5.74) is 3.59. The van der Waals surface area contributed by atoms with Crippen LogP contribution in [0.15, 0.2) is 65.6 Å². The van der Waals surface area contributed by atoms with Crippen molar-refractivity contribution in [3.63, 3.8) is 0 Å². The van der Waals surface area contributed by atoms with Crippen LogP contribution in [0, 0.1) is 20.8 Å². The van der Waals surface area contributed by atoms with E-state index in [0.717, 1.165) is 15.4 Å². The molecule has 0 aromatic heterocycles. The predicted molar refractivity (Wildman–Crippen MR) is 133 cm³/mol. The molecule has 3 aromatic carbocycles. The number of ether oxygens (including phenoxy) is 1. The molecule has 7 nitrogen and oxygen atoms in total. The van der Waals surface area contributed by atoms with Crippen molar-refractivity contribution in [2.75, 3.05) is 23.3 Å². The van der Waals surface area contributed by atoms with Gasteiger partial charge in [0.25, 0.3) is 10.0 Å². The standard InChI is InChI=1S/C25H25ClN2O5S/c1-16-6-10-21(13-18(16)3)28(34(31,32)22-11-8-20(26)9-12-22)15-24(29)27-23-14-19(25(30)33-4)7-5-17(23)2/h5-14H,15H2,1-4H3,(H,27,29). The topological polar surface area (TPSA) is 92.8 Å². The predicted octanol–water partition coefficient (Wildman–Crippen LogP) is 4.89. The molecule has 0 bridgehead atoms. The average molecular weight is 501 g/mol. The third-order valence-electron chi connectivity index (χ3n) is 5.40. The van der Waals surface area contributed by atoms with Crippen LogP contribution in [0.25, 0.3) is 0 Å². The molecule has 0 saturated heterocycles. The van der Waals surface area contributed by atoms with Crippen LogP contribution in [0.3, 0.4) is 0 Å². The van der Waals surface area contributed by atoms with E-state index in [0.29, 0.717) is 22.0 Å². The lowest BCUT2D eigenvalue weighted by Gasteiger charge is -2.25. The molecule has 0 fully saturated rings. The summed E-state index contributed by atoms with van der Waals surface area (Å²) >= 11 is 5.93. The first-order valence-corrected chi connectivity index (χ1v) is 12.2. The maximum absolute atomic E-state index is 13.5. The molecule has 1 amide bonds. The number of benzene rings is 3. The van der Waals surface area contributed by atoms with E-state index >= 15 is 0 Å². The van der Waals surface area contributed by atoms with Gasteiger partial charge in [-0.3, -0.25) is 9.10 Å². The number of amides is 1. The van der Waals surface area contributed by atoms with Gasteiger partial charge in [-0.15, -0.1) is 0 Å². The van der Waals surface area contributed by atoms with Gasteiger partial charge >= 0.3 is 5.97 Å². The van der Waals surface area contributed by atoms with Crippen molar-refractivity contribution in [2.45, 2.75) is 25.7 Å². The van der Waals surface area contributed by atoms with Crippen molar-refractivity contribution in [3.8, 4) is 0 Å². The Labute approximate surface area is 204 Å². The fraction of sp³-hybridized carbons (Fsp3) is 0.200. The van der Waals surface area contributed by atoms with Crippen molar-refractivity contribution >= 4 is 44.9 Å². The van der Waals surface area contributed by atoms with Crippen LogP contribution < -0.4 is 9.62 Å². The highest BCUT2D eigenvalue weighted by molar-refractivity contribution is 7.92. The molecule has 0 aliphatic heterocycles. The van der Waals surface area contributed by atoms with Gasteiger partial charge in [0.15, 0.2) is 0 Å². The van der Waals surface area contributed by atoms with E-state index in [-0.39, 0.29) is 10.5 Å². The lowest BCUT2D eigenvalue weighted by Crippen LogP contribution is -2.38. The number of aryl methyl sites for hydroxylation is 3. The summed E-state index contributed by atoms with van der Waals surface area (Å²) in [6.45, 7) is 5.08. The number of hydrogen-bond donors (Lipinski definition) is 1. The van der Waals surface area contributed by atoms with E-state index in [4.69, 9.17) is 16.3 Å². The van der Waals surface area contributed by atoms with Crippen molar-refractivity contribution in [1.29, 1.82) is 0 Å². The molecule has 0 heterocycles. The number of anilines is 2. The lowest BCUT2D eigenvalue weighted by molar-refractivity contribution is -0.114. The molecule has 1 N–H and O–H groups in total. The Morgan fingerprint density at radius 2 is 1.56 bits per heavy atom. The van der Waals surface area contributed by atoms with Crippen LogP contribution in [0.5, 0.6) is 0 Å². The maximum Gasteiger partial charge on any atom is 0.337 e. The number of nitrogens with zero attached hydrogens (tertiary/aromatic N) is 1. The summed E-state index contributed by atoms with van der Waals surface area (Å²) < 4.78 is 32.8. The van der Waals surface area contributed by atoms with E-state index < -0.39 is 28.4 Å². The summed E-state index contributed by atoms with van der Waals surface area (Å²) in [6.07, 6.45) is 0. The van der Waals surface area contributed by atoms with Gasteiger partial charge in [0.1, 0.15) is 6.54 Å². The molecule has 0 aliphatic carbocycles. The van der Waals surface area contributed by atoms with Crippen molar-refractivity contribution in [2.24, 2.45) is 0 Å². The van der Waals surface area contributed by atoms with E-state index in [9.17, 15) is 18.0 Å². The third kappa shape index (κ3) is 5.58. The smallest absolute Gasteiger partial charge is 0.337 e. The van der Waals surface area contributed by atoms with Crippen molar-refractivity contribution in [3.05, 3.63) is 87.9 Å². The molecule has 34 heavy (non-hydrogen) atoms. The highest BCUT2D eigenvalue weighted by Crippen LogP contribution is 2.27. The first kappa shape index (κ1) is 25.3. The monoisotopic (exact) mass is 500 g/mol. The highest BCUT2D eigenvalue weighted by atomic mass is 35.5. The summed E-state index contributed by atoms with van der Waals surface area (Å²) in [5, 5.41) is 3.11. The minimum atomic E-state index is -4.08. The molecule has 3 aromatic rings. The Balaban J connectivity index is 1.97. The second-order valence-electron chi connectivity index (χ2n) is 7.80. The van der Waals surface area contributed by atoms with Gasteiger partial charge in [0.2, 0.25) is 5.91 Å². The van der Waals surface area contributed by atoms with Crippen LogP contribution in [0.2, 0.25) is 5.02 Å². The normalized spacial score (nSPS) is 11.1. The molecule has 0 radical (unpaired) electrons. The fourth-order valence-corrected chi connectivity index (χ4v) is 4.79. The molecule has 0 unspecified atom stereocenters. The minimum absolute atomic E-state index is 0.00629. The maximum atomic E-state index is 13.5. The zero-order valence-electron chi connectivity index (χ0n) is 19.3. The fourth-order valence-electron chi connectivity index (χ4n) is 3.25. The largest absolute Gasteiger partial charge is 0.465 e. The molecular formula is C25H25ClN2O5S. The van der Waals surface area contributed by atoms with Crippen LogP contribution >= 0.6 is 11.6 Å². The van der Waals surface area contributed by atoms with Crippen LogP contribution in [-0.2, 0) is 19.6 Å². The number of carbonyl (C=O) groups is 2. The Hall–Kier alpha value is -3.36. The van der Waals surface area contributed by atoms with Gasteiger partial charge in [-0.25, -0.2) is 13.2 Å². The van der Waals surface area contributed by atoms with Gasteiger partial charge in [-0.05, 0) is 86.0 Å². The first-order chi connectivity index (χ1) is 16.0. The quantitative estimate of drug-likeness (QED) is 0.466. The average Bonchev–Trinajstić information content (AvgIpc) is 2.80. The number of hydrogen-bond acceptors (Lipinski definition) is 5. The third-order valence-corrected chi connectivity index (χ3v) is 7.44. The number of esters is 1. The number of nitrogens with one attached hydrogen (secondary N) is 1. The van der Waals surface area contributed by atoms with Gasteiger partial charge in [-0.1, -0.05) is 23.7 Å². The van der Waals surface area contributed by atoms with E-state index in [1.807, 2.05) is 13.8 Å². The zero-order valence-corrected chi connectivity index (χ0v) is 20.8. The summed E-state index contributed by atoms with van der Waals surface area (Å²) in [7, 11) is -2.82. The van der Waals surface area contributed by atoms with Crippen LogP contribution in [-0.4, -0.2) is 33.9 Å². The summed E-state index contributed by atoms with van der Waals surface area (Å²) in [5.74, 6) is -1.11. The molecule has 178 valence electrons. The minimum Gasteiger partial charge on any atom is -0.465 e. The van der Waals surface area contributed by atoms with E-state index in [1.165, 1.54) is 37.4 Å².